The van der Waals surface area contributed by atoms with Crippen LogP contribution in [0.1, 0.15) is 58.3 Å². The van der Waals surface area contributed by atoms with E-state index in [9.17, 15) is 10.2 Å². The minimum Gasteiger partial charge on any atom is -0.393 e. The molecule has 3 fully saturated rings. The summed E-state index contributed by atoms with van der Waals surface area (Å²) in [6, 6.07) is 0. The summed E-state index contributed by atoms with van der Waals surface area (Å²) in [6.07, 6.45) is 13.5. The fraction of sp³-hybridized carbons (Fsp3) is 0.900. The first-order chi connectivity index (χ1) is 11.0. The molecule has 0 amide bonds. The highest BCUT2D eigenvalue weighted by Gasteiger charge is 2.59. The quantitative estimate of drug-likeness (QED) is 0.749. The molecule has 3 saturated carbocycles. The minimum absolute atomic E-state index is 0.0740. The van der Waals surface area contributed by atoms with Crippen molar-refractivity contribution in [2.24, 2.45) is 28.6 Å². The van der Waals surface area contributed by atoms with Gasteiger partial charge in [-0.2, -0.15) is 11.8 Å². The molecule has 4 aliphatic rings. The molecular weight excluding hydrogens is 304 g/mol. The molecular formula is C20H32O2S. The molecule has 0 aliphatic heterocycles. The Morgan fingerprint density at radius 2 is 1.91 bits per heavy atom. The monoisotopic (exact) mass is 336 g/mol. The lowest BCUT2D eigenvalue weighted by molar-refractivity contribution is -0.0749. The Morgan fingerprint density at radius 3 is 2.70 bits per heavy atom. The zero-order chi connectivity index (χ0) is 16.2. The second-order valence-electron chi connectivity index (χ2n) is 8.94. The SMILES string of the molecule is CSC[C@]12CCC(O)C=C1CC[C@@H]1[C@H]2CC[C@]2(C)C(O)CC[C@@H]12. The Labute approximate surface area is 145 Å². The Morgan fingerprint density at radius 1 is 1.09 bits per heavy atom. The molecule has 0 aromatic rings. The molecule has 3 heteroatoms. The van der Waals surface area contributed by atoms with Gasteiger partial charge in [-0.3, -0.25) is 0 Å². The van der Waals surface area contributed by atoms with E-state index >= 15 is 0 Å². The number of rotatable bonds is 2. The maximum Gasteiger partial charge on any atom is 0.0724 e. The molecule has 130 valence electrons. The average molecular weight is 337 g/mol. The lowest BCUT2D eigenvalue weighted by atomic mass is 9.47. The maximum atomic E-state index is 10.6. The molecule has 0 spiro atoms. The molecule has 2 N–H and O–H groups in total. The van der Waals surface area contributed by atoms with Gasteiger partial charge in [0.1, 0.15) is 0 Å². The molecule has 0 bridgehead atoms. The highest BCUT2D eigenvalue weighted by atomic mass is 32.2. The van der Waals surface area contributed by atoms with Crippen LogP contribution >= 0.6 is 11.8 Å². The molecule has 2 nitrogen and oxygen atoms in total. The normalized spacial score (nSPS) is 52.3. The second kappa shape index (κ2) is 5.78. The summed E-state index contributed by atoms with van der Waals surface area (Å²) < 4.78 is 0. The molecule has 4 rings (SSSR count). The fourth-order valence-corrected chi connectivity index (χ4v) is 8.06. The predicted octanol–water partition coefficient (Wildman–Crippen LogP) is 4.01. The number of fused-ring (bicyclic) bond motifs is 5. The van der Waals surface area contributed by atoms with Crippen molar-refractivity contribution in [3.63, 3.8) is 0 Å². The maximum absolute atomic E-state index is 10.6. The molecule has 0 saturated heterocycles. The van der Waals surface area contributed by atoms with Gasteiger partial charge in [-0.05, 0) is 80.8 Å². The van der Waals surface area contributed by atoms with Gasteiger partial charge in [0.05, 0.1) is 12.2 Å². The lowest BCUT2D eigenvalue weighted by Gasteiger charge is -2.59. The van der Waals surface area contributed by atoms with Crippen LogP contribution in [-0.4, -0.2) is 34.4 Å². The predicted molar refractivity (Wildman–Crippen MR) is 96.4 cm³/mol. The van der Waals surface area contributed by atoms with Crippen LogP contribution in [0.25, 0.3) is 0 Å². The van der Waals surface area contributed by atoms with E-state index in [0.717, 1.165) is 30.6 Å². The third-order valence-corrected chi connectivity index (χ3v) is 8.97. The van der Waals surface area contributed by atoms with Gasteiger partial charge in [0.15, 0.2) is 0 Å². The first-order valence-electron chi connectivity index (χ1n) is 9.57. The molecule has 2 unspecified atom stereocenters. The van der Waals surface area contributed by atoms with E-state index in [1.54, 1.807) is 5.57 Å². The van der Waals surface area contributed by atoms with E-state index in [-0.39, 0.29) is 17.6 Å². The first kappa shape index (κ1) is 16.5. The molecule has 0 aromatic carbocycles. The van der Waals surface area contributed by atoms with E-state index in [4.69, 9.17) is 0 Å². The number of hydrogen-bond acceptors (Lipinski definition) is 3. The van der Waals surface area contributed by atoms with Crippen molar-refractivity contribution < 1.29 is 10.2 Å². The van der Waals surface area contributed by atoms with Crippen LogP contribution in [0.3, 0.4) is 0 Å². The van der Waals surface area contributed by atoms with Gasteiger partial charge in [-0.1, -0.05) is 18.6 Å². The molecule has 0 radical (unpaired) electrons. The van der Waals surface area contributed by atoms with E-state index in [1.165, 1.54) is 44.3 Å². The fourth-order valence-electron chi connectivity index (χ4n) is 7.00. The van der Waals surface area contributed by atoms with Gasteiger partial charge in [0.2, 0.25) is 0 Å². The summed E-state index contributed by atoms with van der Waals surface area (Å²) in [5, 5.41) is 20.7. The topological polar surface area (TPSA) is 40.5 Å². The number of hydrogen-bond donors (Lipinski definition) is 2. The van der Waals surface area contributed by atoms with Gasteiger partial charge in [-0.15, -0.1) is 0 Å². The summed E-state index contributed by atoms with van der Waals surface area (Å²) in [5.74, 6) is 3.53. The summed E-state index contributed by atoms with van der Waals surface area (Å²) in [4.78, 5) is 0. The Kier molecular flexibility index (Phi) is 4.14. The van der Waals surface area contributed by atoms with Crippen LogP contribution in [-0.2, 0) is 0 Å². The van der Waals surface area contributed by atoms with Crippen LogP contribution in [0.2, 0.25) is 0 Å². The number of thioether (sulfide) groups is 1. The summed E-state index contributed by atoms with van der Waals surface area (Å²) >= 11 is 1.99. The van der Waals surface area contributed by atoms with Crippen molar-refractivity contribution in [1.29, 1.82) is 0 Å². The largest absolute Gasteiger partial charge is 0.393 e. The van der Waals surface area contributed by atoms with Crippen LogP contribution in [0.15, 0.2) is 11.6 Å². The van der Waals surface area contributed by atoms with E-state index in [0.29, 0.717) is 5.41 Å². The van der Waals surface area contributed by atoms with Crippen molar-refractivity contribution in [1.82, 2.24) is 0 Å². The molecule has 0 aromatic heterocycles. The van der Waals surface area contributed by atoms with Crippen molar-refractivity contribution in [2.45, 2.75) is 70.5 Å². The molecule has 0 heterocycles. The summed E-state index contributed by atoms with van der Waals surface area (Å²) in [7, 11) is 0. The highest BCUT2D eigenvalue weighted by Crippen LogP contribution is 2.65. The Balaban J connectivity index is 1.70. The van der Waals surface area contributed by atoms with Gasteiger partial charge in [-0.25, -0.2) is 0 Å². The first-order valence-corrected chi connectivity index (χ1v) is 11.0. The number of allylic oxidation sites excluding steroid dienone is 1. The van der Waals surface area contributed by atoms with Crippen LogP contribution in [0.5, 0.6) is 0 Å². The molecule has 23 heavy (non-hydrogen) atoms. The lowest BCUT2D eigenvalue weighted by Crippen LogP contribution is -2.53. The second-order valence-corrected chi connectivity index (χ2v) is 9.81. The van der Waals surface area contributed by atoms with Gasteiger partial charge in [0, 0.05) is 11.2 Å². The van der Waals surface area contributed by atoms with Crippen molar-refractivity contribution in [2.75, 3.05) is 12.0 Å². The zero-order valence-corrected chi connectivity index (χ0v) is 15.4. The van der Waals surface area contributed by atoms with Gasteiger partial charge < -0.3 is 10.2 Å². The van der Waals surface area contributed by atoms with Crippen molar-refractivity contribution >= 4 is 11.8 Å². The Hall–Kier alpha value is 0.01000. The third-order valence-electron chi connectivity index (χ3n) is 8.17. The zero-order valence-electron chi connectivity index (χ0n) is 14.6. The smallest absolute Gasteiger partial charge is 0.0724 e. The standard InChI is InChI=1S/C20H32O2S/c1-19-9-8-17-15(16(19)5-6-18(19)22)4-3-13-11-14(21)7-10-20(13,17)12-23-2/h11,14-18,21-22H,3-10,12H2,1-2H3/t14?,15-,16-,17+,18?,19-,20+/m0/s1. The average Bonchev–Trinajstić information content (AvgIpc) is 2.84. The van der Waals surface area contributed by atoms with E-state index in [1.807, 2.05) is 11.8 Å². The minimum atomic E-state index is -0.210. The summed E-state index contributed by atoms with van der Waals surface area (Å²) in [5.41, 5.74) is 2.10. The van der Waals surface area contributed by atoms with Crippen LogP contribution in [0, 0.1) is 28.6 Å². The van der Waals surface area contributed by atoms with Crippen molar-refractivity contribution in [3.05, 3.63) is 11.6 Å². The van der Waals surface area contributed by atoms with Crippen molar-refractivity contribution in [3.8, 4) is 0 Å². The van der Waals surface area contributed by atoms with Gasteiger partial charge in [0.25, 0.3) is 0 Å². The highest BCUT2D eigenvalue weighted by molar-refractivity contribution is 7.98. The third kappa shape index (κ3) is 2.29. The Bertz CT molecular complexity index is 504. The van der Waals surface area contributed by atoms with E-state index in [2.05, 4.69) is 19.3 Å². The summed E-state index contributed by atoms with van der Waals surface area (Å²) in [6.45, 7) is 2.36. The van der Waals surface area contributed by atoms with Gasteiger partial charge >= 0.3 is 0 Å². The van der Waals surface area contributed by atoms with Crippen LogP contribution in [0.4, 0.5) is 0 Å². The molecule has 7 atom stereocenters. The number of aliphatic hydroxyl groups is 2. The van der Waals surface area contributed by atoms with E-state index < -0.39 is 0 Å². The number of aliphatic hydroxyl groups excluding tert-OH is 2. The molecule has 4 aliphatic carbocycles. The van der Waals surface area contributed by atoms with Crippen LogP contribution < -0.4 is 0 Å².